The molecular weight excluding hydrogens is 266 g/mol. The Bertz CT molecular complexity index is 566. The molecule has 0 atom stereocenters. The number of hydrogen-bond acceptors (Lipinski definition) is 3. The van der Waals surface area contributed by atoms with E-state index in [2.05, 4.69) is 0 Å². The minimum Gasteiger partial charge on any atom is -0.481 e. The fourth-order valence-corrected chi connectivity index (χ4v) is 2.86. The third kappa shape index (κ3) is 4.24. The van der Waals surface area contributed by atoms with Gasteiger partial charge in [0, 0.05) is 13.0 Å². The molecule has 1 aromatic rings. The molecule has 0 saturated carbocycles. The van der Waals surface area contributed by atoms with E-state index in [1.807, 2.05) is 19.9 Å². The van der Waals surface area contributed by atoms with Crippen LogP contribution in [-0.4, -0.2) is 32.3 Å². The molecule has 0 amide bonds. The van der Waals surface area contributed by atoms with Gasteiger partial charge >= 0.3 is 5.97 Å². The van der Waals surface area contributed by atoms with E-state index >= 15 is 0 Å². The number of benzene rings is 1. The van der Waals surface area contributed by atoms with Crippen molar-refractivity contribution in [3.05, 3.63) is 29.3 Å². The van der Waals surface area contributed by atoms with Crippen molar-refractivity contribution in [3.8, 4) is 0 Å². The zero-order valence-corrected chi connectivity index (χ0v) is 12.2. The van der Waals surface area contributed by atoms with E-state index in [-0.39, 0.29) is 19.4 Å². The predicted octanol–water partition coefficient (Wildman–Crippen LogP) is 1.93. The van der Waals surface area contributed by atoms with E-state index in [9.17, 15) is 13.2 Å². The Hall–Kier alpha value is -1.56. The maximum absolute atomic E-state index is 11.8. The second kappa shape index (κ2) is 6.06. The molecule has 0 aliphatic heterocycles. The second-order valence-electron chi connectivity index (χ2n) is 4.55. The summed E-state index contributed by atoms with van der Waals surface area (Å²) < 4.78 is 25.0. The molecule has 6 heteroatoms. The molecule has 0 unspecified atom stereocenters. The maximum atomic E-state index is 11.8. The molecule has 1 aromatic carbocycles. The van der Waals surface area contributed by atoms with Gasteiger partial charge in [-0.05, 0) is 37.5 Å². The fourth-order valence-electron chi connectivity index (χ4n) is 1.84. The van der Waals surface area contributed by atoms with Gasteiger partial charge < -0.3 is 5.11 Å². The molecule has 0 bridgehead atoms. The van der Waals surface area contributed by atoms with Crippen LogP contribution in [0.25, 0.3) is 0 Å². The number of carbonyl (C=O) groups is 1. The van der Waals surface area contributed by atoms with Crippen LogP contribution in [0.5, 0.6) is 0 Å². The van der Waals surface area contributed by atoms with Crippen molar-refractivity contribution in [2.75, 3.05) is 17.1 Å². The number of rotatable bonds is 6. The summed E-state index contributed by atoms with van der Waals surface area (Å²) in [5.74, 6) is -0.922. The number of anilines is 1. The van der Waals surface area contributed by atoms with E-state index in [0.717, 1.165) is 17.4 Å². The first kappa shape index (κ1) is 15.5. The number of hydrogen-bond donors (Lipinski definition) is 1. The van der Waals surface area contributed by atoms with Crippen molar-refractivity contribution in [1.82, 2.24) is 0 Å². The van der Waals surface area contributed by atoms with Gasteiger partial charge in [-0.3, -0.25) is 9.10 Å². The zero-order chi connectivity index (χ0) is 14.6. The Balaban J connectivity index is 3.04. The number of carboxylic acid groups (broad SMARTS) is 1. The number of nitrogens with zero attached hydrogens (tertiary/aromatic N) is 1. The molecule has 0 aliphatic rings. The predicted molar refractivity (Wildman–Crippen MR) is 75.0 cm³/mol. The van der Waals surface area contributed by atoms with Gasteiger partial charge in [-0.25, -0.2) is 8.42 Å². The largest absolute Gasteiger partial charge is 0.481 e. The van der Waals surface area contributed by atoms with Gasteiger partial charge in [-0.2, -0.15) is 0 Å². The van der Waals surface area contributed by atoms with Crippen molar-refractivity contribution in [2.24, 2.45) is 0 Å². The summed E-state index contributed by atoms with van der Waals surface area (Å²) in [6, 6.07) is 5.45. The summed E-state index contributed by atoms with van der Waals surface area (Å²) in [6.07, 6.45) is 1.38. The lowest BCUT2D eigenvalue weighted by molar-refractivity contribution is -0.137. The smallest absolute Gasteiger partial charge is 0.303 e. The molecule has 19 heavy (non-hydrogen) atoms. The lowest BCUT2D eigenvalue weighted by atomic mass is 10.1. The van der Waals surface area contributed by atoms with Crippen LogP contribution in [-0.2, 0) is 14.8 Å². The van der Waals surface area contributed by atoms with Crippen LogP contribution in [0.3, 0.4) is 0 Å². The number of aliphatic carboxylic acids is 1. The SMILES string of the molecule is Cc1cccc(N(CCCC(=O)O)S(C)(=O)=O)c1C. The Morgan fingerprint density at radius 1 is 1.32 bits per heavy atom. The topological polar surface area (TPSA) is 74.7 Å². The zero-order valence-electron chi connectivity index (χ0n) is 11.4. The summed E-state index contributed by atoms with van der Waals surface area (Å²) in [7, 11) is -3.41. The molecule has 0 heterocycles. The van der Waals surface area contributed by atoms with Crippen molar-refractivity contribution in [3.63, 3.8) is 0 Å². The highest BCUT2D eigenvalue weighted by Crippen LogP contribution is 2.25. The first-order valence-electron chi connectivity index (χ1n) is 5.99. The van der Waals surface area contributed by atoms with Crippen molar-refractivity contribution >= 4 is 21.7 Å². The Morgan fingerprint density at radius 2 is 1.95 bits per heavy atom. The molecule has 1 rings (SSSR count). The monoisotopic (exact) mass is 285 g/mol. The first-order chi connectivity index (χ1) is 8.73. The summed E-state index contributed by atoms with van der Waals surface area (Å²) >= 11 is 0. The van der Waals surface area contributed by atoms with Gasteiger partial charge in [0.25, 0.3) is 0 Å². The van der Waals surface area contributed by atoms with E-state index < -0.39 is 16.0 Å². The van der Waals surface area contributed by atoms with Crippen LogP contribution in [0.4, 0.5) is 5.69 Å². The molecule has 0 aromatic heterocycles. The van der Waals surface area contributed by atoms with Crippen LogP contribution in [0.15, 0.2) is 18.2 Å². The lowest BCUT2D eigenvalue weighted by Gasteiger charge is -2.24. The number of carboxylic acids is 1. The number of sulfonamides is 1. The Kier molecular flexibility index (Phi) is 4.94. The summed E-state index contributed by atoms with van der Waals surface area (Å²) in [4.78, 5) is 10.5. The van der Waals surface area contributed by atoms with Crippen LogP contribution >= 0.6 is 0 Å². The normalized spacial score (nSPS) is 11.3. The molecule has 106 valence electrons. The summed E-state index contributed by atoms with van der Waals surface area (Å²) in [5.41, 5.74) is 2.51. The summed E-state index contributed by atoms with van der Waals surface area (Å²) in [5, 5.41) is 8.63. The van der Waals surface area contributed by atoms with Gasteiger partial charge in [0.1, 0.15) is 0 Å². The van der Waals surface area contributed by atoms with Crippen LogP contribution in [0.2, 0.25) is 0 Å². The van der Waals surface area contributed by atoms with Crippen molar-refractivity contribution in [1.29, 1.82) is 0 Å². The third-order valence-electron chi connectivity index (χ3n) is 3.00. The molecule has 0 aliphatic carbocycles. The highest BCUT2D eigenvalue weighted by Gasteiger charge is 2.19. The summed E-state index contributed by atoms with van der Waals surface area (Å²) in [6.45, 7) is 3.95. The van der Waals surface area contributed by atoms with Crippen molar-refractivity contribution in [2.45, 2.75) is 26.7 Å². The minimum absolute atomic E-state index is 0.0448. The Labute approximate surface area is 113 Å². The molecule has 0 spiro atoms. The average molecular weight is 285 g/mol. The average Bonchev–Trinajstić information content (AvgIpc) is 2.27. The van der Waals surface area contributed by atoms with E-state index in [1.165, 1.54) is 4.31 Å². The van der Waals surface area contributed by atoms with Crippen molar-refractivity contribution < 1.29 is 18.3 Å². The van der Waals surface area contributed by atoms with Gasteiger partial charge in [0.2, 0.25) is 10.0 Å². The maximum Gasteiger partial charge on any atom is 0.303 e. The second-order valence-corrected chi connectivity index (χ2v) is 6.46. The quantitative estimate of drug-likeness (QED) is 0.866. The van der Waals surface area contributed by atoms with Gasteiger partial charge in [-0.15, -0.1) is 0 Å². The third-order valence-corrected chi connectivity index (χ3v) is 4.18. The molecular formula is C13H19NO4S. The molecule has 0 fully saturated rings. The highest BCUT2D eigenvalue weighted by molar-refractivity contribution is 7.92. The molecule has 5 nitrogen and oxygen atoms in total. The number of aryl methyl sites for hydroxylation is 1. The van der Waals surface area contributed by atoms with Crippen LogP contribution in [0, 0.1) is 13.8 Å². The van der Waals surface area contributed by atoms with E-state index in [0.29, 0.717) is 5.69 Å². The Morgan fingerprint density at radius 3 is 2.47 bits per heavy atom. The van der Waals surface area contributed by atoms with Gasteiger partial charge in [0.05, 0.1) is 11.9 Å². The fraction of sp³-hybridized carbons (Fsp3) is 0.462. The minimum atomic E-state index is -3.41. The van der Waals surface area contributed by atoms with Gasteiger partial charge in [-0.1, -0.05) is 12.1 Å². The van der Waals surface area contributed by atoms with E-state index in [1.54, 1.807) is 12.1 Å². The lowest BCUT2D eigenvalue weighted by Crippen LogP contribution is -2.31. The van der Waals surface area contributed by atoms with Crippen LogP contribution < -0.4 is 4.31 Å². The van der Waals surface area contributed by atoms with Crippen LogP contribution in [0.1, 0.15) is 24.0 Å². The molecule has 0 saturated heterocycles. The van der Waals surface area contributed by atoms with E-state index in [4.69, 9.17) is 5.11 Å². The first-order valence-corrected chi connectivity index (χ1v) is 7.84. The standard InChI is InChI=1S/C13H19NO4S/c1-10-6-4-7-12(11(10)2)14(19(3,17)18)9-5-8-13(15)16/h4,6-7H,5,8-9H2,1-3H3,(H,15,16). The molecule has 1 N–H and O–H groups in total. The molecule has 0 radical (unpaired) electrons. The highest BCUT2D eigenvalue weighted by atomic mass is 32.2. The van der Waals surface area contributed by atoms with Gasteiger partial charge in [0.15, 0.2) is 0 Å².